The number of ether oxygens (including phenoxy) is 2. The quantitative estimate of drug-likeness (QED) is 0.631. The second-order valence-electron chi connectivity index (χ2n) is 5.19. The van der Waals surface area contributed by atoms with Gasteiger partial charge in [-0.05, 0) is 26.2 Å². The topological polar surface area (TPSA) is 55.8 Å². The van der Waals surface area contributed by atoms with Gasteiger partial charge in [0.1, 0.15) is 5.72 Å². The number of methoxy groups -OCH3 is 1. The summed E-state index contributed by atoms with van der Waals surface area (Å²) in [5.74, 6) is -0.0724. The Bertz CT molecular complexity index is 383. The van der Waals surface area contributed by atoms with Gasteiger partial charge >= 0.3 is 5.97 Å². The van der Waals surface area contributed by atoms with Gasteiger partial charge in [0.2, 0.25) is 5.91 Å². The number of esters is 1. The summed E-state index contributed by atoms with van der Waals surface area (Å²) in [6.07, 6.45) is 3.17. The predicted octanol–water partition coefficient (Wildman–Crippen LogP) is 0.675. The maximum absolute atomic E-state index is 12.1. The van der Waals surface area contributed by atoms with Gasteiger partial charge in [-0.25, -0.2) is 4.79 Å². The zero-order valence-corrected chi connectivity index (χ0v) is 10.1. The highest BCUT2D eigenvalue weighted by Gasteiger charge is 2.65. The summed E-state index contributed by atoms with van der Waals surface area (Å²) in [6.45, 7) is 1.84. The molecular weight excluding hydrogens is 222 g/mol. The van der Waals surface area contributed by atoms with Crippen molar-refractivity contribution in [3.05, 3.63) is 0 Å². The van der Waals surface area contributed by atoms with Gasteiger partial charge in [0.15, 0.2) is 6.04 Å². The zero-order chi connectivity index (χ0) is 12.2. The highest BCUT2D eigenvalue weighted by molar-refractivity contribution is 5.88. The average Bonchev–Trinajstić information content (AvgIpc) is 2.86. The predicted molar refractivity (Wildman–Crippen MR) is 57.9 cm³/mol. The molecule has 0 unspecified atom stereocenters. The molecule has 0 N–H and O–H groups in total. The number of carbonyl (C=O) groups excluding carboxylic acids is 2. The molecule has 5 heteroatoms. The number of rotatable bonds is 1. The Morgan fingerprint density at radius 2 is 2.35 bits per heavy atom. The van der Waals surface area contributed by atoms with E-state index >= 15 is 0 Å². The number of hydrogen-bond donors (Lipinski definition) is 0. The van der Waals surface area contributed by atoms with Gasteiger partial charge < -0.3 is 9.47 Å². The van der Waals surface area contributed by atoms with Crippen LogP contribution in [0.25, 0.3) is 0 Å². The maximum atomic E-state index is 12.1. The van der Waals surface area contributed by atoms with E-state index in [4.69, 9.17) is 9.47 Å². The molecule has 94 valence electrons. The van der Waals surface area contributed by atoms with Crippen molar-refractivity contribution in [1.29, 1.82) is 0 Å². The van der Waals surface area contributed by atoms with Crippen LogP contribution in [0.2, 0.25) is 0 Å². The number of amides is 1. The molecule has 17 heavy (non-hydrogen) atoms. The number of carbonyl (C=O) groups is 2. The average molecular weight is 239 g/mol. The molecule has 4 atom stereocenters. The SMILES string of the molecule is COC(=O)[C@@H]1[C@@H](C)O[C@@]23CCC[C@@H]2CC(=O)N13. The van der Waals surface area contributed by atoms with E-state index in [1.54, 1.807) is 4.90 Å². The summed E-state index contributed by atoms with van der Waals surface area (Å²) in [6, 6.07) is -0.560. The lowest BCUT2D eigenvalue weighted by atomic mass is 10.0. The zero-order valence-electron chi connectivity index (χ0n) is 10.1. The van der Waals surface area contributed by atoms with Gasteiger partial charge in [-0.1, -0.05) is 0 Å². The lowest BCUT2D eigenvalue weighted by Gasteiger charge is -2.31. The highest BCUT2D eigenvalue weighted by Crippen LogP contribution is 2.54. The van der Waals surface area contributed by atoms with E-state index in [9.17, 15) is 9.59 Å². The summed E-state index contributed by atoms with van der Waals surface area (Å²) < 4.78 is 10.8. The van der Waals surface area contributed by atoms with E-state index in [-0.39, 0.29) is 23.9 Å². The fourth-order valence-electron chi connectivity index (χ4n) is 3.75. The summed E-state index contributed by atoms with van der Waals surface area (Å²) >= 11 is 0. The standard InChI is InChI=1S/C12H17NO4/c1-7-10(11(15)16-2)13-9(14)6-8-4-3-5-12(8,13)17-7/h7-8,10H,3-6H2,1-2H3/t7-,8-,10+,12+/m1/s1. The Morgan fingerprint density at radius 1 is 1.59 bits per heavy atom. The Morgan fingerprint density at radius 3 is 3.06 bits per heavy atom. The molecule has 0 aromatic heterocycles. The summed E-state index contributed by atoms with van der Waals surface area (Å²) in [4.78, 5) is 25.5. The molecule has 2 heterocycles. The minimum Gasteiger partial charge on any atom is -0.467 e. The third-order valence-corrected chi connectivity index (χ3v) is 4.38. The first-order chi connectivity index (χ1) is 8.10. The fourth-order valence-corrected chi connectivity index (χ4v) is 3.75. The Balaban J connectivity index is 1.99. The van der Waals surface area contributed by atoms with Crippen LogP contribution < -0.4 is 0 Å². The first-order valence-electron chi connectivity index (χ1n) is 6.18. The van der Waals surface area contributed by atoms with Crippen molar-refractivity contribution >= 4 is 11.9 Å². The van der Waals surface area contributed by atoms with E-state index < -0.39 is 11.8 Å². The molecule has 3 aliphatic rings. The van der Waals surface area contributed by atoms with Gasteiger partial charge in [0.05, 0.1) is 13.2 Å². The van der Waals surface area contributed by atoms with Gasteiger partial charge in [-0.3, -0.25) is 9.69 Å². The van der Waals surface area contributed by atoms with Crippen molar-refractivity contribution in [1.82, 2.24) is 4.90 Å². The van der Waals surface area contributed by atoms with Crippen LogP contribution in [0, 0.1) is 5.92 Å². The second-order valence-corrected chi connectivity index (χ2v) is 5.19. The molecule has 0 radical (unpaired) electrons. The fraction of sp³-hybridized carbons (Fsp3) is 0.833. The van der Waals surface area contributed by atoms with E-state index in [1.807, 2.05) is 6.92 Å². The lowest BCUT2D eigenvalue weighted by Crippen LogP contribution is -2.49. The first kappa shape index (κ1) is 11.0. The van der Waals surface area contributed by atoms with E-state index in [1.165, 1.54) is 7.11 Å². The summed E-state index contributed by atoms with van der Waals surface area (Å²) in [7, 11) is 1.35. The molecule has 0 bridgehead atoms. The van der Waals surface area contributed by atoms with Crippen LogP contribution in [-0.4, -0.2) is 41.8 Å². The smallest absolute Gasteiger partial charge is 0.331 e. The van der Waals surface area contributed by atoms with Crippen LogP contribution in [0.5, 0.6) is 0 Å². The molecule has 1 spiro atoms. The van der Waals surface area contributed by atoms with Crippen molar-refractivity contribution in [3.63, 3.8) is 0 Å². The van der Waals surface area contributed by atoms with E-state index in [2.05, 4.69) is 0 Å². The van der Waals surface area contributed by atoms with Gasteiger partial charge in [-0.15, -0.1) is 0 Å². The summed E-state index contributed by atoms with van der Waals surface area (Å²) in [5.41, 5.74) is -0.505. The normalized spacial score (nSPS) is 43.8. The molecule has 0 aromatic rings. The molecule has 1 saturated carbocycles. The monoisotopic (exact) mass is 239 g/mol. The molecule has 5 nitrogen and oxygen atoms in total. The van der Waals surface area contributed by atoms with Crippen molar-refractivity contribution in [2.75, 3.05) is 7.11 Å². The second kappa shape index (κ2) is 3.45. The van der Waals surface area contributed by atoms with Crippen LogP contribution in [0.15, 0.2) is 0 Å². The van der Waals surface area contributed by atoms with Gasteiger partial charge in [-0.2, -0.15) is 0 Å². The minimum atomic E-state index is -0.560. The largest absolute Gasteiger partial charge is 0.467 e. The first-order valence-corrected chi connectivity index (χ1v) is 6.18. The van der Waals surface area contributed by atoms with Crippen LogP contribution in [0.3, 0.4) is 0 Å². The van der Waals surface area contributed by atoms with Gasteiger partial charge in [0, 0.05) is 12.3 Å². The molecule has 0 aromatic carbocycles. The lowest BCUT2D eigenvalue weighted by molar-refractivity contribution is -0.153. The molecule has 2 saturated heterocycles. The van der Waals surface area contributed by atoms with Crippen LogP contribution >= 0.6 is 0 Å². The third-order valence-electron chi connectivity index (χ3n) is 4.38. The molecule has 1 aliphatic carbocycles. The van der Waals surface area contributed by atoms with Gasteiger partial charge in [0.25, 0.3) is 0 Å². The molecule has 3 fully saturated rings. The highest BCUT2D eigenvalue weighted by atomic mass is 16.6. The Hall–Kier alpha value is -1.10. The third kappa shape index (κ3) is 1.23. The molecular formula is C12H17NO4. The van der Waals surface area contributed by atoms with Crippen molar-refractivity contribution in [2.24, 2.45) is 5.92 Å². The van der Waals surface area contributed by atoms with Crippen LogP contribution in [-0.2, 0) is 19.1 Å². The number of nitrogens with zero attached hydrogens (tertiary/aromatic N) is 1. The Labute approximate surface area is 100 Å². The van der Waals surface area contributed by atoms with Crippen molar-refractivity contribution in [3.8, 4) is 0 Å². The Kier molecular flexibility index (Phi) is 2.23. The van der Waals surface area contributed by atoms with E-state index in [0.29, 0.717) is 6.42 Å². The molecule has 1 amide bonds. The molecule has 2 aliphatic heterocycles. The molecule has 3 rings (SSSR count). The van der Waals surface area contributed by atoms with Crippen molar-refractivity contribution < 1.29 is 19.1 Å². The van der Waals surface area contributed by atoms with Crippen LogP contribution in [0.1, 0.15) is 32.6 Å². The maximum Gasteiger partial charge on any atom is 0.331 e. The number of hydrogen-bond acceptors (Lipinski definition) is 4. The van der Waals surface area contributed by atoms with Crippen molar-refractivity contribution in [2.45, 2.75) is 50.5 Å². The summed E-state index contributed by atoms with van der Waals surface area (Å²) in [5, 5.41) is 0. The van der Waals surface area contributed by atoms with Crippen LogP contribution in [0.4, 0.5) is 0 Å². The minimum absolute atomic E-state index is 0.0365. The van der Waals surface area contributed by atoms with E-state index in [0.717, 1.165) is 19.3 Å².